The molecule has 0 unspecified atom stereocenters. The van der Waals surface area contributed by atoms with Gasteiger partial charge in [-0.15, -0.1) is 0 Å². The first-order valence-electron chi connectivity index (χ1n) is 5.36. The summed E-state index contributed by atoms with van der Waals surface area (Å²) in [6.45, 7) is 0. The van der Waals surface area contributed by atoms with E-state index in [2.05, 4.69) is 20.7 Å². The van der Waals surface area contributed by atoms with Crippen LogP contribution in [-0.2, 0) is 0 Å². The molecule has 2 aromatic rings. The van der Waals surface area contributed by atoms with Crippen molar-refractivity contribution in [3.63, 3.8) is 0 Å². The van der Waals surface area contributed by atoms with E-state index in [9.17, 15) is 13.6 Å². The fourth-order valence-electron chi connectivity index (χ4n) is 1.62. The lowest BCUT2D eigenvalue weighted by Gasteiger charge is -2.06. The second-order valence-electron chi connectivity index (χ2n) is 3.80. The van der Waals surface area contributed by atoms with Crippen molar-refractivity contribution in [2.45, 2.75) is 0 Å². The third kappa shape index (κ3) is 2.81. The summed E-state index contributed by atoms with van der Waals surface area (Å²) in [6.07, 6.45) is 0. The summed E-state index contributed by atoms with van der Waals surface area (Å²) in [5.41, 5.74) is -0.0349. The first-order chi connectivity index (χ1) is 9.02. The number of carbonyl (C=O) groups excluding carboxylic acids is 1. The molecule has 0 spiro atoms. The van der Waals surface area contributed by atoms with E-state index in [1.54, 1.807) is 12.1 Å². The Morgan fingerprint density at radius 1 is 1.11 bits per heavy atom. The van der Waals surface area contributed by atoms with E-state index < -0.39 is 17.4 Å². The van der Waals surface area contributed by atoms with Crippen molar-refractivity contribution in [1.29, 1.82) is 0 Å². The third-order valence-corrected chi connectivity index (χ3v) is 3.12. The average Bonchev–Trinajstić information content (AvgIpc) is 2.41. The topological polar surface area (TPSA) is 26.3 Å². The van der Waals surface area contributed by atoms with Crippen LogP contribution in [0.15, 0.2) is 40.9 Å². The summed E-state index contributed by atoms with van der Waals surface area (Å²) >= 11 is 3.23. The number of carbonyl (C=O) groups is 1. The highest BCUT2D eigenvalue weighted by Crippen LogP contribution is 2.23. The monoisotopic (exact) mass is 326 g/mol. The molecule has 0 fully saturated rings. The maximum absolute atomic E-state index is 13.8. The Balaban J connectivity index is 2.44. The van der Waals surface area contributed by atoms with Gasteiger partial charge in [-0.25, -0.2) is 8.78 Å². The summed E-state index contributed by atoms with van der Waals surface area (Å²) in [5.74, 6) is -2.40. The molecule has 0 amide bonds. The van der Waals surface area contributed by atoms with Gasteiger partial charge in [-0.2, -0.15) is 0 Å². The van der Waals surface area contributed by atoms with Crippen LogP contribution in [0.1, 0.15) is 15.9 Å². The van der Waals surface area contributed by atoms with Gasteiger partial charge in [0.1, 0.15) is 5.82 Å². The Kier molecular flexibility index (Phi) is 3.95. The quantitative estimate of drug-likeness (QED) is 0.798. The lowest BCUT2D eigenvalue weighted by Crippen LogP contribution is -2.06. The number of benzene rings is 2. The molecular weight excluding hydrogens is 318 g/mol. The standard InChI is InChI=1S/C14H9BrF2O2/c1-19-13-7-11(16)10(6-12(13)17)14(18)8-2-4-9(15)5-3-8/h2-7H,1H3. The van der Waals surface area contributed by atoms with E-state index in [1.807, 2.05) is 0 Å². The molecular formula is C14H9BrF2O2. The first-order valence-corrected chi connectivity index (χ1v) is 6.15. The average molecular weight is 327 g/mol. The molecule has 0 saturated carbocycles. The zero-order valence-corrected chi connectivity index (χ0v) is 11.5. The summed E-state index contributed by atoms with van der Waals surface area (Å²) in [6, 6.07) is 8.10. The molecule has 0 aliphatic carbocycles. The number of ketones is 1. The van der Waals surface area contributed by atoms with Crippen molar-refractivity contribution in [2.24, 2.45) is 0 Å². The van der Waals surface area contributed by atoms with E-state index >= 15 is 0 Å². The van der Waals surface area contributed by atoms with E-state index in [0.29, 0.717) is 0 Å². The zero-order valence-electron chi connectivity index (χ0n) is 9.91. The van der Waals surface area contributed by atoms with Crippen molar-refractivity contribution in [2.75, 3.05) is 7.11 Å². The lowest BCUT2D eigenvalue weighted by molar-refractivity contribution is 0.103. The highest BCUT2D eigenvalue weighted by molar-refractivity contribution is 9.10. The molecule has 0 aliphatic heterocycles. The zero-order chi connectivity index (χ0) is 14.0. The van der Waals surface area contributed by atoms with Gasteiger partial charge in [0.05, 0.1) is 12.7 Å². The number of halogens is 3. The molecule has 19 heavy (non-hydrogen) atoms. The third-order valence-electron chi connectivity index (χ3n) is 2.59. The predicted octanol–water partition coefficient (Wildman–Crippen LogP) is 3.97. The van der Waals surface area contributed by atoms with E-state index in [4.69, 9.17) is 0 Å². The molecule has 5 heteroatoms. The van der Waals surface area contributed by atoms with Gasteiger partial charge in [0, 0.05) is 16.1 Å². The Morgan fingerprint density at radius 3 is 2.32 bits per heavy atom. The SMILES string of the molecule is COc1cc(F)c(C(=O)c2ccc(Br)cc2)cc1F. The van der Waals surface area contributed by atoms with E-state index in [1.165, 1.54) is 19.2 Å². The number of hydrogen-bond donors (Lipinski definition) is 0. The van der Waals surface area contributed by atoms with E-state index in [-0.39, 0.29) is 16.9 Å². The van der Waals surface area contributed by atoms with Crippen LogP contribution in [0.3, 0.4) is 0 Å². The molecule has 0 saturated heterocycles. The van der Waals surface area contributed by atoms with Gasteiger partial charge in [0.2, 0.25) is 0 Å². The van der Waals surface area contributed by atoms with Crippen LogP contribution in [0.5, 0.6) is 5.75 Å². The van der Waals surface area contributed by atoms with Gasteiger partial charge in [0.25, 0.3) is 0 Å². The van der Waals surface area contributed by atoms with Crippen molar-refractivity contribution in [3.8, 4) is 5.75 Å². The van der Waals surface area contributed by atoms with Gasteiger partial charge in [-0.1, -0.05) is 15.9 Å². The molecule has 0 atom stereocenters. The molecule has 0 radical (unpaired) electrons. The van der Waals surface area contributed by atoms with Crippen LogP contribution >= 0.6 is 15.9 Å². The Labute approximate surface area is 117 Å². The molecule has 0 heterocycles. The largest absolute Gasteiger partial charge is 0.494 e. The maximum atomic E-state index is 13.8. The molecule has 98 valence electrons. The van der Waals surface area contributed by atoms with Gasteiger partial charge < -0.3 is 4.74 Å². The molecule has 0 aliphatic rings. The van der Waals surface area contributed by atoms with E-state index in [0.717, 1.165) is 16.6 Å². The summed E-state index contributed by atoms with van der Waals surface area (Å²) in [5, 5.41) is 0. The second kappa shape index (κ2) is 5.48. The molecule has 2 rings (SSSR count). The number of ether oxygens (including phenoxy) is 1. The van der Waals surface area contributed by atoms with Crippen LogP contribution in [-0.4, -0.2) is 12.9 Å². The van der Waals surface area contributed by atoms with Gasteiger partial charge in [-0.05, 0) is 30.3 Å². The number of methoxy groups -OCH3 is 1. The molecule has 0 bridgehead atoms. The highest BCUT2D eigenvalue weighted by atomic mass is 79.9. The molecule has 0 N–H and O–H groups in total. The Bertz CT molecular complexity index is 624. The molecule has 0 aromatic heterocycles. The van der Waals surface area contributed by atoms with Crippen molar-refractivity contribution in [3.05, 3.63) is 63.6 Å². The fourth-order valence-corrected chi connectivity index (χ4v) is 1.88. The minimum Gasteiger partial charge on any atom is -0.494 e. The lowest BCUT2D eigenvalue weighted by atomic mass is 10.0. The van der Waals surface area contributed by atoms with Crippen LogP contribution in [0.4, 0.5) is 8.78 Å². The molecule has 2 nitrogen and oxygen atoms in total. The van der Waals surface area contributed by atoms with Crippen molar-refractivity contribution in [1.82, 2.24) is 0 Å². The Morgan fingerprint density at radius 2 is 1.74 bits per heavy atom. The Hall–Kier alpha value is -1.75. The van der Waals surface area contributed by atoms with Crippen LogP contribution in [0.25, 0.3) is 0 Å². The van der Waals surface area contributed by atoms with Gasteiger partial charge in [0.15, 0.2) is 17.3 Å². The minimum atomic E-state index is -0.814. The normalized spacial score (nSPS) is 10.3. The van der Waals surface area contributed by atoms with Crippen LogP contribution in [0.2, 0.25) is 0 Å². The fraction of sp³-hybridized carbons (Fsp3) is 0.0714. The van der Waals surface area contributed by atoms with Gasteiger partial charge >= 0.3 is 0 Å². The highest BCUT2D eigenvalue weighted by Gasteiger charge is 2.17. The van der Waals surface area contributed by atoms with Crippen molar-refractivity contribution < 1.29 is 18.3 Å². The van der Waals surface area contributed by atoms with Gasteiger partial charge in [-0.3, -0.25) is 4.79 Å². The summed E-state index contributed by atoms with van der Waals surface area (Å²) in [7, 11) is 1.23. The first kappa shape index (κ1) is 13.7. The smallest absolute Gasteiger partial charge is 0.196 e. The number of hydrogen-bond acceptors (Lipinski definition) is 2. The second-order valence-corrected chi connectivity index (χ2v) is 4.72. The minimum absolute atomic E-state index is 0.232. The summed E-state index contributed by atoms with van der Waals surface area (Å²) in [4.78, 5) is 12.1. The maximum Gasteiger partial charge on any atom is 0.196 e. The summed E-state index contributed by atoms with van der Waals surface area (Å²) < 4.78 is 32.7. The van der Waals surface area contributed by atoms with Crippen LogP contribution in [0, 0.1) is 11.6 Å². The molecule has 2 aromatic carbocycles. The van der Waals surface area contributed by atoms with Crippen LogP contribution < -0.4 is 4.74 Å². The predicted molar refractivity (Wildman–Crippen MR) is 70.5 cm³/mol. The number of rotatable bonds is 3. The van der Waals surface area contributed by atoms with Crippen molar-refractivity contribution >= 4 is 21.7 Å².